The molecule has 0 aliphatic carbocycles. The van der Waals surface area contributed by atoms with Crippen LogP contribution in [0.5, 0.6) is 5.75 Å². The van der Waals surface area contributed by atoms with Gasteiger partial charge in [0.2, 0.25) is 6.67 Å². The molecule has 2 radical (unpaired) electrons. The summed E-state index contributed by atoms with van der Waals surface area (Å²) in [7, 11) is 0. The highest BCUT2D eigenvalue weighted by Crippen LogP contribution is 2.36. The molecule has 0 atom stereocenters. The van der Waals surface area contributed by atoms with Crippen molar-refractivity contribution < 1.29 is 4.74 Å². The van der Waals surface area contributed by atoms with Gasteiger partial charge in [-0.1, -0.05) is 35.9 Å². The van der Waals surface area contributed by atoms with E-state index in [-0.39, 0.29) is 0 Å². The summed E-state index contributed by atoms with van der Waals surface area (Å²) in [5.74, 6) is 0.833. The van der Waals surface area contributed by atoms with E-state index >= 15 is 0 Å². The summed E-state index contributed by atoms with van der Waals surface area (Å²) >= 11 is 0. The SMILES string of the molecule is Cc1cc(C)c(N2[C]N(c3ccccc3OCCc3ccccn3)C=C2)c(C)c1. The first-order chi connectivity index (χ1) is 14.1. The molecule has 0 bridgehead atoms. The monoisotopic (exact) mass is 383 g/mol. The molecule has 146 valence electrons. The molecule has 1 aliphatic heterocycles. The van der Waals surface area contributed by atoms with Gasteiger partial charge in [0.05, 0.1) is 12.3 Å². The first-order valence-electron chi connectivity index (χ1n) is 9.84. The van der Waals surface area contributed by atoms with Gasteiger partial charge in [0.15, 0.2) is 0 Å². The normalized spacial score (nSPS) is 13.2. The van der Waals surface area contributed by atoms with E-state index in [0.29, 0.717) is 6.61 Å². The minimum atomic E-state index is 0.575. The quantitative estimate of drug-likeness (QED) is 0.568. The highest BCUT2D eigenvalue weighted by Gasteiger charge is 2.22. The molecule has 0 spiro atoms. The lowest BCUT2D eigenvalue weighted by molar-refractivity contribution is 0.321. The Morgan fingerprint density at radius 2 is 1.62 bits per heavy atom. The second-order valence-electron chi connectivity index (χ2n) is 7.27. The van der Waals surface area contributed by atoms with Gasteiger partial charge in [-0.15, -0.1) is 0 Å². The molecular weight excluding hydrogens is 358 g/mol. The van der Waals surface area contributed by atoms with E-state index in [4.69, 9.17) is 4.74 Å². The van der Waals surface area contributed by atoms with Crippen molar-refractivity contribution in [2.45, 2.75) is 27.2 Å². The number of nitrogens with zero attached hydrogens (tertiary/aromatic N) is 3. The number of anilines is 2. The van der Waals surface area contributed by atoms with Crippen molar-refractivity contribution in [1.82, 2.24) is 4.98 Å². The number of aromatic nitrogens is 1. The lowest BCUT2D eigenvalue weighted by Gasteiger charge is -2.24. The van der Waals surface area contributed by atoms with Gasteiger partial charge in [0.1, 0.15) is 5.75 Å². The van der Waals surface area contributed by atoms with Gasteiger partial charge < -0.3 is 14.5 Å². The average molecular weight is 383 g/mol. The molecule has 4 heteroatoms. The molecule has 3 aromatic rings. The average Bonchev–Trinajstić information content (AvgIpc) is 3.18. The summed E-state index contributed by atoms with van der Waals surface area (Å²) < 4.78 is 6.08. The molecular formula is C25H25N3O. The van der Waals surface area contributed by atoms with Gasteiger partial charge in [-0.2, -0.15) is 0 Å². The third-order valence-electron chi connectivity index (χ3n) is 4.92. The summed E-state index contributed by atoms with van der Waals surface area (Å²) in [5.41, 5.74) is 6.91. The number of hydrogen-bond acceptors (Lipinski definition) is 4. The molecule has 1 aliphatic rings. The molecule has 0 N–H and O–H groups in total. The smallest absolute Gasteiger partial charge is 0.217 e. The number of para-hydroxylation sites is 2. The summed E-state index contributed by atoms with van der Waals surface area (Å²) in [5, 5.41) is 0. The summed E-state index contributed by atoms with van der Waals surface area (Å²) in [6, 6.07) is 18.4. The van der Waals surface area contributed by atoms with Crippen LogP contribution in [0.4, 0.5) is 11.4 Å². The molecule has 0 saturated heterocycles. The van der Waals surface area contributed by atoms with E-state index in [1.165, 1.54) is 22.4 Å². The van der Waals surface area contributed by atoms with Gasteiger partial charge in [0.25, 0.3) is 0 Å². The lowest BCUT2D eigenvalue weighted by Crippen LogP contribution is -2.20. The maximum Gasteiger partial charge on any atom is 0.217 e. The van der Waals surface area contributed by atoms with E-state index in [2.05, 4.69) is 49.5 Å². The Hall–Kier alpha value is -3.27. The van der Waals surface area contributed by atoms with Crippen molar-refractivity contribution in [2.24, 2.45) is 0 Å². The van der Waals surface area contributed by atoms with Crippen LogP contribution in [0, 0.1) is 27.4 Å². The number of benzene rings is 2. The fourth-order valence-corrected chi connectivity index (χ4v) is 3.72. The van der Waals surface area contributed by atoms with Crippen LogP contribution in [0.25, 0.3) is 0 Å². The van der Waals surface area contributed by atoms with Crippen LogP contribution >= 0.6 is 0 Å². The van der Waals surface area contributed by atoms with Gasteiger partial charge >= 0.3 is 0 Å². The van der Waals surface area contributed by atoms with Crippen molar-refractivity contribution in [3.05, 3.63) is 102 Å². The maximum absolute atomic E-state index is 6.08. The molecule has 4 rings (SSSR count). The van der Waals surface area contributed by atoms with Crippen molar-refractivity contribution in [3.63, 3.8) is 0 Å². The molecule has 4 nitrogen and oxygen atoms in total. The second kappa shape index (κ2) is 8.39. The van der Waals surface area contributed by atoms with Crippen molar-refractivity contribution >= 4 is 11.4 Å². The fraction of sp³-hybridized carbons (Fsp3) is 0.200. The first kappa shape index (κ1) is 19.1. The van der Waals surface area contributed by atoms with E-state index in [9.17, 15) is 0 Å². The third kappa shape index (κ3) is 4.27. The van der Waals surface area contributed by atoms with Crippen LogP contribution in [0.1, 0.15) is 22.4 Å². The van der Waals surface area contributed by atoms with Crippen LogP contribution in [0.2, 0.25) is 0 Å². The zero-order valence-electron chi connectivity index (χ0n) is 17.1. The van der Waals surface area contributed by atoms with Crippen LogP contribution in [-0.2, 0) is 6.42 Å². The first-order valence-corrected chi connectivity index (χ1v) is 9.84. The van der Waals surface area contributed by atoms with Gasteiger partial charge in [-0.3, -0.25) is 4.98 Å². The summed E-state index contributed by atoms with van der Waals surface area (Å²) in [6.45, 7) is 10.4. The number of pyridine rings is 1. The van der Waals surface area contributed by atoms with Crippen molar-refractivity contribution in [2.75, 3.05) is 16.4 Å². The van der Waals surface area contributed by atoms with Gasteiger partial charge in [-0.25, -0.2) is 0 Å². The highest BCUT2D eigenvalue weighted by molar-refractivity contribution is 5.70. The third-order valence-corrected chi connectivity index (χ3v) is 4.92. The summed E-state index contributed by atoms with van der Waals surface area (Å²) in [4.78, 5) is 8.39. The fourth-order valence-electron chi connectivity index (χ4n) is 3.72. The Balaban J connectivity index is 1.47. The number of hydrogen-bond donors (Lipinski definition) is 0. The molecule has 0 fully saturated rings. The van der Waals surface area contributed by atoms with E-state index in [1.807, 2.05) is 66.0 Å². The van der Waals surface area contributed by atoms with Crippen LogP contribution in [0.15, 0.2) is 73.2 Å². The Labute approximate surface area is 173 Å². The zero-order valence-corrected chi connectivity index (χ0v) is 17.1. The van der Waals surface area contributed by atoms with Crippen LogP contribution < -0.4 is 14.5 Å². The Morgan fingerprint density at radius 3 is 2.38 bits per heavy atom. The molecule has 0 unspecified atom stereocenters. The number of rotatable bonds is 6. The topological polar surface area (TPSA) is 28.6 Å². The molecule has 0 saturated carbocycles. The molecule has 2 heterocycles. The molecule has 0 amide bonds. The zero-order chi connectivity index (χ0) is 20.2. The van der Waals surface area contributed by atoms with Crippen LogP contribution in [-0.4, -0.2) is 11.6 Å². The summed E-state index contributed by atoms with van der Waals surface area (Å²) in [6.07, 6.45) is 6.63. The van der Waals surface area contributed by atoms with Gasteiger partial charge in [-0.05, 0) is 56.2 Å². The second-order valence-corrected chi connectivity index (χ2v) is 7.27. The predicted molar refractivity (Wildman–Crippen MR) is 118 cm³/mol. The number of aryl methyl sites for hydroxylation is 3. The van der Waals surface area contributed by atoms with Crippen molar-refractivity contribution in [3.8, 4) is 5.75 Å². The van der Waals surface area contributed by atoms with E-state index in [0.717, 1.165) is 23.6 Å². The van der Waals surface area contributed by atoms with E-state index < -0.39 is 0 Å². The Bertz CT molecular complexity index is 991. The Morgan fingerprint density at radius 1 is 0.897 bits per heavy atom. The predicted octanol–water partition coefficient (Wildman–Crippen LogP) is 5.42. The van der Waals surface area contributed by atoms with Gasteiger partial charge in [0, 0.05) is 36.4 Å². The standard InChI is InChI=1S/C25H25N3O/c1-19-16-20(2)25(21(3)17-19)28-14-13-27(18-28)23-9-4-5-10-24(23)29-15-11-22-8-6-7-12-26-22/h4-10,12-14,16-17H,11,15H2,1-3H3. The maximum atomic E-state index is 6.08. The minimum absolute atomic E-state index is 0.575. The number of ether oxygens (including phenoxy) is 1. The van der Waals surface area contributed by atoms with Crippen molar-refractivity contribution in [1.29, 1.82) is 0 Å². The largest absolute Gasteiger partial charge is 0.491 e. The van der Waals surface area contributed by atoms with E-state index in [1.54, 1.807) is 0 Å². The Kier molecular flexibility index (Phi) is 5.52. The molecule has 1 aromatic heterocycles. The molecule has 29 heavy (non-hydrogen) atoms. The van der Waals surface area contributed by atoms with Crippen LogP contribution in [0.3, 0.4) is 0 Å². The minimum Gasteiger partial charge on any atom is -0.491 e. The molecule has 2 aromatic carbocycles. The highest BCUT2D eigenvalue weighted by atomic mass is 16.5. The lowest BCUT2D eigenvalue weighted by atomic mass is 10.0.